The maximum atomic E-state index is 13.2. The first-order valence-corrected chi connectivity index (χ1v) is 11.4. The first-order valence-electron chi connectivity index (χ1n) is 9.65. The highest BCUT2D eigenvalue weighted by atomic mass is 32.2. The molecular formula is C21H25N3O2S2. The fourth-order valence-electron chi connectivity index (χ4n) is 4.12. The van der Waals surface area contributed by atoms with E-state index < -0.39 is 0 Å². The van der Waals surface area contributed by atoms with Gasteiger partial charge in [-0.3, -0.25) is 9.59 Å². The quantitative estimate of drug-likeness (QED) is 0.559. The normalized spacial score (nSPS) is 22.9. The number of nitrogens with one attached hydrogen (secondary N) is 2. The molecule has 0 bridgehead atoms. The van der Waals surface area contributed by atoms with Crippen LogP contribution in [0.3, 0.4) is 0 Å². The summed E-state index contributed by atoms with van der Waals surface area (Å²) in [6, 6.07) is 4.10. The van der Waals surface area contributed by atoms with Gasteiger partial charge < -0.3 is 10.3 Å². The van der Waals surface area contributed by atoms with Gasteiger partial charge >= 0.3 is 0 Å². The van der Waals surface area contributed by atoms with Crippen molar-refractivity contribution in [1.82, 2.24) is 9.97 Å². The number of ketones is 1. The smallest absolute Gasteiger partial charge is 0.257 e. The number of aromatic amines is 1. The van der Waals surface area contributed by atoms with E-state index in [0.717, 1.165) is 22.7 Å². The van der Waals surface area contributed by atoms with Crippen molar-refractivity contribution < 1.29 is 4.79 Å². The number of Topliss-reactive ketones (excluding diaryl/α,β-unsaturated/α-hetero) is 1. The molecule has 2 aromatic rings. The van der Waals surface area contributed by atoms with Gasteiger partial charge in [-0.05, 0) is 30.9 Å². The zero-order chi connectivity index (χ0) is 20.1. The van der Waals surface area contributed by atoms with Crippen LogP contribution >= 0.6 is 23.1 Å². The molecule has 0 fully saturated rings. The first kappa shape index (κ1) is 19.5. The summed E-state index contributed by atoms with van der Waals surface area (Å²) in [6.45, 7) is 8.29. The van der Waals surface area contributed by atoms with Crippen molar-refractivity contribution >= 4 is 34.7 Å². The highest BCUT2D eigenvalue weighted by Gasteiger charge is 2.46. The number of anilines is 1. The SMILES string of the molecule is CCCSc1nc2c(c(=O)[nH]1)[C@H](c1ccc(C)s1)[C@H]1C(=O)CC(C)(C)C=C1N2. The number of nitrogens with zero attached hydrogens (tertiary/aromatic N) is 1. The minimum absolute atomic E-state index is 0.149. The van der Waals surface area contributed by atoms with Gasteiger partial charge in [0.2, 0.25) is 0 Å². The monoisotopic (exact) mass is 415 g/mol. The summed E-state index contributed by atoms with van der Waals surface area (Å²) in [7, 11) is 0. The average molecular weight is 416 g/mol. The number of rotatable bonds is 4. The molecule has 2 atom stereocenters. The highest BCUT2D eigenvalue weighted by Crippen LogP contribution is 2.49. The third-order valence-corrected chi connectivity index (χ3v) is 7.37. The van der Waals surface area contributed by atoms with Gasteiger partial charge in [-0.15, -0.1) is 11.3 Å². The van der Waals surface area contributed by atoms with Crippen molar-refractivity contribution in [1.29, 1.82) is 0 Å². The Morgan fingerprint density at radius 2 is 2.07 bits per heavy atom. The van der Waals surface area contributed by atoms with Crippen LogP contribution in [-0.2, 0) is 4.79 Å². The van der Waals surface area contributed by atoms with E-state index in [4.69, 9.17) is 4.98 Å². The maximum absolute atomic E-state index is 13.2. The van der Waals surface area contributed by atoms with Crippen LogP contribution in [0, 0.1) is 18.3 Å². The number of hydrogen-bond acceptors (Lipinski definition) is 6. The molecule has 0 saturated heterocycles. The topological polar surface area (TPSA) is 74.8 Å². The van der Waals surface area contributed by atoms with Crippen molar-refractivity contribution in [3.05, 3.63) is 49.6 Å². The van der Waals surface area contributed by atoms with Crippen molar-refractivity contribution in [2.24, 2.45) is 11.3 Å². The maximum Gasteiger partial charge on any atom is 0.257 e. The van der Waals surface area contributed by atoms with Crippen molar-refractivity contribution in [3.8, 4) is 0 Å². The molecule has 2 aromatic heterocycles. The number of thioether (sulfide) groups is 1. The molecule has 5 nitrogen and oxygen atoms in total. The van der Waals surface area contributed by atoms with E-state index in [0.29, 0.717) is 23.0 Å². The number of aryl methyl sites for hydroxylation is 1. The number of hydrogen-bond donors (Lipinski definition) is 2. The lowest BCUT2D eigenvalue weighted by molar-refractivity contribution is -0.124. The molecule has 2 N–H and O–H groups in total. The van der Waals surface area contributed by atoms with Crippen molar-refractivity contribution in [2.75, 3.05) is 11.1 Å². The van der Waals surface area contributed by atoms with E-state index in [1.807, 2.05) is 13.0 Å². The Labute approximate surface area is 173 Å². The van der Waals surface area contributed by atoms with E-state index in [1.165, 1.54) is 4.88 Å². The predicted octanol–water partition coefficient (Wildman–Crippen LogP) is 4.70. The molecule has 2 aliphatic rings. The molecule has 0 aromatic carbocycles. The van der Waals surface area contributed by atoms with Crippen molar-refractivity contribution in [2.45, 2.75) is 51.6 Å². The van der Waals surface area contributed by atoms with E-state index in [2.05, 4.69) is 43.2 Å². The van der Waals surface area contributed by atoms with Crippen LogP contribution in [0.15, 0.2) is 33.9 Å². The molecule has 148 valence electrons. The molecule has 0 amide bonds. The predicted molar refractivity (Wildman–Crippen MR) is 115 cm³/mol. The Kier molecular flexibility index (Phi) is 5.00. The number of allylic oxidation sites excluding steroid dienone is 2. The zero-order valence-corrected chi connectivity index (χ0v) is 18.2. The third-order valence-electron chi connectivity index (χ3n) is 5.21. The summed E-state index contributed by atoms with van der Waals surface area (Å²) in [4.78, 5) is 36.1. The van der Waals surface area contributed by atoms with E-state index >= 15 is 0 Å². The molecule has 0 saturated carbocycles. The Morgan fingerprint density at radius 3 is 2.75 bits per heavy atom. The molecule has 4 rings (SSSR count). The summed E-state index contributed by atoms with van der Waals surface area (Å²) in [5, 5.41) is 3.97. The third kappa shape index (κ3) is 3.46. The van der Waals surface area contributed by atoms with Gasteiger partial charge in [-0.25, -0.2) is 4.98 Å². The van der Waals surface area contributed by atoms with Crippen LogP contribution in [0.4, 0.5) is 5.82 Å². The Hall–Kier alpha value is -1.86. The van der Waals surface area contributed by atoms with Crippen LogP contribution in [0.2, 0.25) is 0 Å². The standard InChI is InChI=1S/C21H25N3O2S2/c1-5-8-27-20-23-18-17(19(26)24-20)16(14-7-6-11(2)28-14)15-12(22-18)9-21(3,4)10-13(15)25/h6-7,9,15-16H,5,8,10H2,1-4H3,(H2,22,23,24,26)/t15-,16-/m1/s1. The second-order valence-electron chi connectivity index (χ2n) is 8.24. The van der Waals surface area contributed by atoms with E-state index in [-0.39, 0.29) is 28.6 Å². The fourth-order valence-corrected chi connectivity index (χ4v) is 5.86. The van der Waals surface area contributed by atoms with Gasteiger partial charge in [0.15, 0.2) is 5.16 Å². The average Bonchev–Trinajstić information content (AvgIpc) is 3.03. The Bertz CT molecular complexity index is 1020. The molecule has 1 aliphatic carbocycles. The second-order valence-corrected chi connectivity index (χ2v) is 10.6. The second kappa shape index (κ2) is 7.19. The van der Waals surface area contributed by atoms with Crippen LogP contribution in [0.1, 0.15) is 54.8 Å². The molecular weight excluding hydrogens is 390 g/mol. The van der Waals surface area contributed by atoms with E-state index in [9.17, 15) is 9.59 Å². The van der Waals surface area contributed by atoms with Crippen LogP contribution in [0.25, 0.3) is 0 Å². The lowest BCUT2D eigenvalue weighted by Gasteiger charge is -2.40. The van der Waals surface area contributed by atoms with Gasteiger partial charge in [0.1, 0.15) is 11.6 Å². The summed E-state index contributed by atoms with van der Waals surface area (Å²) < 4.78 is 0. The molecule has 0 radical (unpaired) electrons. The zero-order valence-electron chi connectivity index (χ0n) is 16.6. The summed E-state index contributed by atoms with van der Waals surface area (Å²) in [5.41, 5.74) is 1.11. The lowest BCUT2D eigenvalue weighted by atomic mass is 9.68. The first-order chi connectivity index (χ1) is 13.3. The number of thiophene rings is 1. The summed E-state index contributed by atoms with van der Waals surface area (Å²) in [5.74, 6) is 1.03. The van der Waals surface area contributed by atoms with Gasteiger partial charge in [-0.2, -0.15) is 0 Å². The van der Waals surface area contributed by atoms with Gasteiger partial charge in [0.25, 0.3) is 5.56 Å². The van der Waals surface area contributed by atoms with E-state index in [1.54, 1.807) is 23.1 Å². The minimum atomic E-state index is -0.351. The van der Waals surface area contributed by atoms with Crippen LogP contribution < -0.4 is 10.9 Å². The summed E-state index contributed by atoms with van der Waals surface area (Å²) in [6.07, 6.45) is 3.64. The molecule has 3 heterocycles. The number of aromatic nitrogens is 2. The number of carbonyl (C=O) groups is 1. The Balaban J connectivity index is 1.91. The summed E-state index contributed by atoms with van der Waals surface area (Å²) >= 11 is 3.20. The van der Waals surface area contributed by atoms with Gasteiger partial charge in [0.05, 0.1) is 11.5 Å². The van der Waals surface area contributed by atoms with Crippen LogP contribution in [-0.4, -0.2) is 21.5 Å². The largest absolute Gasteiger partial charge is 0.343 e. The number of carbonyl (C=O) groups excluding carboxylic acids is 1. The number of fused-ring (bicyclic) bond motifs is 2. The van der Waals surface area contributed by atoms with Crippen molar-refractivity contribution in [3.63, 3.8) is 0 Å². The molecule has 28 heavy (non-hydrogen) atoms. The number of H-pyrrole nitrogens is 1. The molecule has 0 spiro atoms. The highest BCUT2D eigenvalue weighted by molar-refractivity contribution is 7.99. The van der Waals surface area contributed by atoms with Crippen LogP contribution in [0.5, 0.6) is 0 Å². The fraction of sp³-hybridized carbons (Fsp3) is 0.476. The molecule has 1 aliphatic heterocycles. The van der Waals surface area contributed by atoms with Gasteiger partial charge in [0, 0.05) is 33.5 Å². The molecule has 7 heteroatoms. The minimum Gasteiger partial charge on any atom is -0.343 e. The Morgan fingerprint density at radius 1 is 1.29 bits per heavy atom. The molecule has 0 unspecified atom stereocenters. The lowest BCUT2D eigenvalue weighted by Crippen LogP contribution is -2.41. The van der Waals surface area contributed by atoms with Gasteiger partial charge in [-0.1, -0.05) is 38.6 Å².